The Labute approximate surface area is 392 Å². The molecule has 1 aliphatic carbocycles. The van der Waals surface area contributed by atoms with Crippen LogP contribution < -0.4 is 25.6 Å². The molecule has 3 heteroatoms. The second kappa shape index (κ2) is 16.1. The van der Waals surface area contributed by atoms with Crippen molar-refractivity contribution in [1.82, 2.24) is 0 Å². The number of benzene rings is 10. The lowest BCUT2D eigenvalue weighted by Crippen LogP contribution is -2.74. The first-order valence-electron chi connectivity index (χ1n) is 22.9. The molecule has 314 valence electrons. The lowest BCUT2D eigenvalue weighted by Gasteiger charge is -2.35. The Bertz CT molecular complexity index is 3420. The molecule has 0 N–H and O–H groups in total. The molecule has 0 radical (unpaired) electrons. The van der Waals surface area contributed by atoms with Crippen LogP contribution in [0.2, 0.25) is 0 Å². The fraction of sp³-hybridized carbons (Fsp3) is 0.0476. The van der Waals surface area contributed by atoms with Crippen LogP contribution >= 0.6 is 11.3 Å². The molecule has 1 nitrogen and oxygen atoms in total. The predicted octanol–water partition coefficient (Wildman–Crippen LogP) is 14.5. The van der Waals surface area contributed by atoms with Crippen molar-refractivity contribution in [3.8, 4) is 33.4 Å². The number of anilines is 3. The van der Waals surface area contributed by atoms with E-state index in [0.29, 0.717) is 0 Å². The Morgan fingerprint density at radius 3 is 1.35 bits per heavy atom. The number of rotatable bonds is 9. The lowest BCUT2D eigenvalue weighted by molar-refractivity contribution is 0.660. The molecule has 0 unspecified atom stereocenters. The summed E-state index contributed by atoms with van der Waals surface area (Å²) in [6.45, 7) is 4.71. The minimum atomic E-state index is -2.69. The van der Waals surface area contributed by atoms with Crippen LogP contribution in [0, 0.1) is 0 Å². The van der Waals surface area contributed by atoms with Crippen LogP contribution in [-0.2, 0) is 5.41 Å². The smallest absolute Gasteiger partial charge is 0.179 e. The number of thiophene rings is 1. The molecular weight excluding hydrogens is 831 g/mol. The second-order valence-electron chi connectivity index (χ2n) is 18.1. The van der Waals surface area contributed by atoms with Crippen LogP contribution in [-0.4, -0.2) is 8.07 Å². The van der Waals surface area contributed by atoms with Crippen molar-refractivity contribution in [3.63, 3.8) is 0 Å². The summed E-state index contributed by atoms with van der Waals surface area (Å²) in [7, 11) is -2.69. The van der Waals surface area contributed by atoms with Gasteiger partial charge in [-0.2, -0.15) is 0 Å². The summed E-state index contributed by atoms with van der Waals surface area (Å²) < 4.78 is 2.65. The third kappa shape index (κ3) is 6.57. The van der Waals surface area contributed by atoms with Gasteiger partial charge in [0.2, 0.25) is 0 Å². The van der Waals surface area contributed by atoms with Gasteiger partial charge in [-0.3, -0.25) is 0 Å². The minimum absolute atomic E-state index is 0.0530. The summed E-state index contributed by atoms with van der Waals surface area (Å²) in [5.74, 6) is 0. The quantitative estimate of drug-likeness (QED) is 0.103. The topological polar surface area (TPSA) is 3.24 Å². The Morgan fingerprint density at radius 2 is 0.758 bits per heavy atom. The number of hydrogen-bond donors (Lipinski definition) is 0. The summed E-state index contributed by atoms with van der Waals surface area (Å²) in [4.78, 5) is 2.41. The molecule has 66 heavy (non-hydrogen) atoms. The van der Waals surface area contributed by atoms with E-state index in [-0.39, 0.29) is 5.41 Å². The van der Waals surface area contributed by atoms with E-state index in [2.05, 4.69) is 267 Å². The maximum Gasteiger partial charge on any atom is 0.179 e. The first-order valence-corrected chi connectivity index (χ1v) is 25.7. The van der Waals surface area contributed by atoms with Gasteiger partial charge in [-0.25, -0.2) is 0 Å². The minimum Gasteiger partial charge on any atom is -0.311 e. The van der Waals surface area contributed by atoms with Crippen LogP contribution in [0.15, 0.2) is 249 Å². The van der Waals surface area contributed by atoms with Crippen molar-refractivity contribution in [1.29, 1.82) is 0 Å². The highest BCUT2D eigenvalue weighted by molar-refractivity contribution is 7.25. The summed E-state index contributed by atoms with van der Waals surface area (Å²) >= 11 is 1.87. The molecule has 0 aliphatic heterocycles. The van der Waals surface area contributed by atoms with Crippen molar-refractivity contribution in [2.45, 2.75) is 19.3 Å². The number of fused-ring (bicyclic) bond motifs is 6. The summed E-state index contributed by atoms with van der Waals surface area (Å²) in [6.07, 6.45) is 0. The van der Waals surface area contributed by atoms with Crippen LogP contribution in [0.25, 0.3) is 53.6 Å². The molecule has 0 bridgehead atoms. The molecule has 1 aromatic heterocycles. The van der Waals surface area contributed by atoms with Gasteiger partial charge in [-0.15, -0.1) is 11.3 Å². The Morgan fingerprint density at radius 1 is 0.333 bits per heavy atom. The Hall–Kier alpha value is -7.56. The number of hydrogen-bond acceptors (Lipinski definition) is 2. The fourth-order valence-electron chi connectivity index (χ4n) is 10.8. The average Bonchev–Trinajstić information content (AvgIpc) is 3.87. The molecule has 1 aliphatic rings. The van der Waals surface area contributed by atoms with Gasteiger partial charge in [-0.1, -0.05) is 208 Å². The van der Waals surface area contributed by atoms with E-state index in [0.717, 1.165) is 17.1 Å². The highest BCUT2D eigenvalue weighted by Crippen LogP contribution is 2.49. The zero-order valence-corrected chi connectivity index (χ0v) is 38.8. The maximum absolute atomic E-state index is 2.69. The van der Waals surface area contributed by atoms with Crippen LogP contribution in [0.1, 0.15) is 25.0 Å². The molecule has 10 aromatic carbocycles. The maximum atomic E-state index is 2.41. The highest BCUT2D eigenvalue weighted by Gasteiger charge is 2.41. The molecule has 0 fully saturated rings. The summed E-state index contributed by atoms with van der Waals surface area (Å²) in [5, 5.41) is 8.09. The van der Waals surface area contributed by atoms with Crippen molar-refractivity contribution >= 4 is 77.4 Å². The molecule has 1 heterocycles. The van der Waals surface area contributed by atoms with Gasteiger partial charge in [0, 0.05) is 42.6 Å². The van der Waals surface area contributed by atoms with Crippen LogP contribution in [0.3, 0.4) is 0 Å². The van der Waals surface area contributed by atoms with Crippen LogP contribution in [0.4, 0.5) is 17.1 Å². The number of nitrogens with zero attached hydrogens (tertiary/aromatic N) is 1. The second-order valence-corrected chi connectivity index (χ2v) is 23.0. The van der Waals surface area contributed by atoms with E-state index < -0.39 is 8.07 Å². The molecule has 0 saturated carbocycles. The van der Waals surface area contributed by atoms with Gasteiger partial charge in [0.1, 0.15) is 0 Å². The van der Waals surface area contributed by atoms with Gasteiger partial charge < -0.3 is 4.90 Å². The zero-order valence-electron chi connectivity index (χ0n) is 37.0. The standard InChI is InChI=1S/C63H47NSSi/c1-63(2)59-24-14-12-22-55(59)56-40-30-46(42-60(56)63)44-26-32-48(33-27-44)64(49-34-28-45(29-35-49)47-31-41-58-57-23-13-15-25-61(57)65-62(58)43-47)50-36-38-54(39-37-50)66(51-16-6-3-7-17-51,52-18-8-4-9-19-52)53-20-10-5-11-21-53/h3-43H,1-2H3. The first-order chi connectivity index (χ1) is 32.5. The van der Waals surface area contributed by atoms with Gasteiger partial charge in [0.05, 0.1) is 0 Å². The van der Waals surface area contributed by atoms with E-state index in [1.54, 1.807) is 0 Å². The summed E-state index contributed by atoms with van der Waals surface area (Å²) in [6, 6.07) is 92.8. The van der Waals surface area contributed by atoms with Crippen molar-refractivity contribution in [3.05, 3.63) is 260 Å². The van der Waals surface area contributed by atoms with Gasteiger partial charge in [0.15, 0.2) is 8.07 Å². The van der Waals surface area contributed by atoms with Gasteiger partial charge >= 0.3 is 0 Å². The highest BCUT2D eigenvalue weighted by atomic mass is 32.1. The van der Waals surface area contributed by atoms with E-state index >= 15 is 0 Å². The third-order valence-corrected chi connectivity index (χ3v) is 20.0. The molecule has 0 amide bonds. The van der Waals surface area contributed by atoms with E-state index in [4.69, 9.17) is 0 Å². The molecule has 0 atom stereocenters. The van der Waals surface area contributed by atoms with Crippen molar-refractivity contribution in [2.24, 2.45) is 0 Å². The van der Waals surface area contributed by atoms with E-state index in [1.165, 1.54) is 85.4 Å². The molecule has 11 aromatic rings. The van der Waals surface area contributed by atoms with Crippen LogP contribution in [0.5, 0.6) is 0 Å². The van der Waals surface area contributed by atoms with E-state index in [1.807, 2.05) is 11.3 Å². The average molecular weight is 878 g/mol. The van der Waals surface area contributed by atoms with Gasteiger partial charge in [0.25, 0.3) is 0 Å². The van der Waals surface area contributed by atoms with E-state index in [9.17, 15) is 0 Å². The first kappa shape index (κ1) is 40.0. The van der Waals surface area contributed by atoms with Gasteiger partial charge in [-0.05, 0) is 120 Å². The molecule has 0 saturated heterocycles. The van der Waals surface area contributed by atoms with Crippen molar-refractivity contribution < 1.29 is 0 Å². The van der Waals surface area contributed by atoms with Crippen molar-refractivity contribution in [2.75, 3.05) is 4.90 Å². The normalized spacial score (nSPS) is 12.8. The SMILES string of the molecule is CC1(C)c2ccccc2-c2ccc(-c3ccc(N(c4ccc(-c5ccc6c(c5)sc5ccccc56)cc4)c4ccc([Si](c5ccccc5)(c5ccccc5)c5ccccc5)cc4)cc3)cc21. The lowest BCUT2D eigenvalue weighted by atomic mass is 9.81. The largest absolute Gasteiger partial charge is 0.311 e. The monoisotopic (exact) mass is 877 g/mol. The third-order valence-electron chi connectivity index (χ3n) is 14.1. The summed E-state index contributed by atoms with van der Waals surface area (Å²) in [5.41, 5.74) is 13.6. The predicted molar refractivity (Wildman–Crippen MR) is 286 cm³/mol. The zero-order chi connectivity index (χ0) is 44.2. The Kier molecular flexibility index (Phi) is 9.78. The molecular formula is C63H47NSSi. The molecule has 12 rings (SSSR count). The Balaban J connectivity index is 0.960. The molecule has 0 spiro atoms. The fourth-order valence-corrected chi connectivity index (χ4v) is 16.7.